The first-order chi connectivity index (χ1) is 24.5. The van der Waals surface area contributed by atoms with Crippen molar-refractivity contribution < 1.29 is 23.8 Å². The number of ether oxygens (including phenoxy) is 3. The topological polar surface area (TPSA) is 65.1 Å². The molecule has 0 aromatic rings. The highest BCUT2D eigenvalue weighted by Crippen LogP contribution is 2.18. The van der Waals surface area contributed by atoms with Crippen molar-refractivity contribution in [3.8, 4) is 0 Å². The Morgan fingerprint density at radius 2 is 0.900 bits per heavy atom. The van der Waals surface area contributed by atoms with Crippen molar-refractivity contribution in [1.82, 2.24) is 4.90 Å². The van der Waals surface area contributed by atoms with Crippen LogP contribution in [0, 0.1) is 0 Å². The molecule has 0 heterocycles. The maximum atomic E-state index is 12.7. The number of unbranched alkanes of at least 4 members (excludes halogenated alkanes) is 22. The van der Waals surface area contributed by atoms with Gasteiger partial charge in [0.15, 0.2) is 0 Å². The van der Waals surface area contributed by atoms with Gasteiger partial charge in [-0.15, -0.1) is 0 Å². The number of esters is 1. The molecule has 6 heteroatoms. The van der Waals surface area contributed by atoms with Crippen molar-refractivity contribution in [2.75, 3.05) is 26.2 Å². The van der Waals surface area contributed by atoms with E-state index in [0.717, 1.165) is 77.4 Å². The van der Waals surface area contributed by atoms with Crippen LogP contribution in [0.1, 0.15) is 234 Å². The first kappa shape index (κ1) is 48.7. The van der Waals surface area contributed by atoms with Crippen molar-refractivity contribution >= 4 is 12.1 Å². The molecule has 0 fully saturated rings. The summed E-state index contributed by atoms with van der Waals surface area (Å²) in [4.78, 5) is 27.2. The SMILES string of the molecule is CCCCCCCCC(C)OC(=O)OCCCCCCN(CC)CCCCCCCC(=O)OC(CCCCCCCC)CCCCCCCC. The Balaban J connectivity index is 3.90. The Kier molecular flexibility index (Phi) is 37.9. The van der Waals surface area contributed by atoms with Crippen LogP contribution in [0.4, 0.5) is 4.79 Å². The molecule has 298 valence electrons. The third-order valence-electron chi connectivity index (χ3n) is 10.2. The minimum absolute atomic E-state index is 0.0315. The number of hydrogen-bond acceptors (Lipinski definition) is 6. The lowest BCUT2D eigenvalue weighted by molar-refractivity contribution is -0.150. The molecule has 50 heavy (non-hydrogen) atoms. The van der Waals surface area contributed by atoms with E-state index in [-0.39, 0.29) is 18.2 Å². The van der Waals surface area contributed by atoms with E-state index >= 15 is 0 Å². The van der Waals surface area contributed by atoms with Gasteiger partial charge in [0.1, 0.15) is 12.2 Å². The van der Waals surface area contributed by atoms with Gasteiger partial charge in [-0.1, -0.05) is 156 Å². The van der Waals surface area contributed by atoms with E-state index in [9.17, 15) is 9.59 Å². The smallest absolute Gasteiger partial charge is 0.462 e. The Morgan fingerprint density at radius 3 is 1.40 bits per heavy atom. The van der Waals surface area contributed by atoms with E-state index in [0.29, 0.717) is 13.0 Å². The van der Waals surface area contributed by atoms with Gasteiger partial charge in [0.2, 0.25) is 0 Å². The predicted octanol–water partition coefficient (Wildman–Crippen LogP) is 13.9. The zero-order chi connectivity index (χ0) is 36.8. The average molecular weight is 710 g/mol. The monoisotopic (exact) mass is 710 g/mol. The Morgan fingerprint density at radius 1 is 0.480 bits per heavy atom. The summed E-state index contributed by atoms with van der Waals surface area (Å²) in [5.41, 5.74) is 0. The second-order valence-corrected chi connectivity index (χ2v) is 15.2. The van der Waals surface area contributed by atoms with Crippen LogP contribution in [0.3, 0.4) is 0 Å². The lowest BCUT2D eigenvalue weighted by atomic mass is 10.0. The lowest BCUT2D eigenvalue weighted by Gasteiger charge is -2.20. The minimum atomic E-state index is -0.508. The minimum Gasteiger partial charge on any atom is -0.462 e. The second-order valence-electron chi connectivity index (χ2n) is 15.2. The molecule has 0 amide bonds. The Labute approximate surface area is 312 Å². The number of carbonyl (C=O) groups is 2. The lowest BCUT2D eigenvalue weighted by Crippen LogP contribution is -2.25. The Bertz CT molecular complexity index is 701. The molecule has 0 radical (unpaired) electrons. The molecular formula is C44H87NO5. The summed E-state index contributed by atoms with van der Waals surface area (Å²) in [5, 5.41) is 0. The quantitative estimate of drug-likeness (QED) is 0.0467. The van der Waals surface area contributed by atoms with E-state index in [1.54, 1.807) is 0 Å². The van der Waals surface area contributed by atoms with Gasteiger partial charge in [-0.3, -0.25) is 4.79 Å². The molecule has 0 saturated carbocycles. The van der Waals surface area contributed by atoms with Crippen LogP contribution in [-0.2, 0) is 19.0 Å². The number of nitrogens with zero attached hydrogens (tertiary/aromatic N) is 1. The summed E-state index contributed by atoms with van der Waals surface area (Å²) in [7, 11) is 0. The highest BCUT2D eigenvalue weighted by atomic mass is 16.7. The maximum Gasteiger partial charge on any atom is 0.508 e. The first-order valence-corrected chi connectivity index (χ1v) is 22.2. The standard InChI is InChI=1S/C44H87NO5/c1-6-10-13-16-20-27-34-41(5)49-44(47)48-40-33-26-25-32-39-45(9-4)38-31-24-19-23-30-37-43(46)50-42(35-28-21-17-14-11-7-2)36-29-22-18-15-12-8-3/h41-42H,6-40H2,1-5H3. The largest absolute Gasteiger partial charge is 0.508 e. The van der Waals surface area contributed by atoms with Gasteiger partial charge < -0.3 is 19.1 Å². The molecule has 1 unspecified atom stereocenters. The normalized spacial score (nSPS) is 12.1. The van der Waals surface area contributed by atoms with E-state index in [1.807, 2.05) is 6.92 Å². The van der Waals surface area contributed by atoms with Crippen LogP contribution in [0.15, 0.2) is 0 Å². The van der Waals surface area contributed by atoms with Crippen LogP contribution in [0.2, 0.25) is 0 Å². The number of carbonyl (C=O) groups excluding carboxylic acids is 2. The molecule has 0 bridgehead atoms. The van der Waals surface area contributed by atoms with Crippen LogP contribution in [0.5, 0.6) is 0 Å². The van der Waals surface area contributed by atoms with E-state index < -0.39 is 6.16 Å². The molecule has 0 aromatic heterocycles. The fourth-order valence-corrected chi connectivity index (χ4v) is 6.79. The van der Waals surface area contributed by atoms with Crippen molar-refractivity contribution in [1.29, 1.82) is 0 Å². The number of hydrogen-bond donors (Lipinski definition) is 0. The average Bonchev–Trinajstić information content (AvgIpc) is 3.10. The van der Waals surface area contributed by atoms with E-state index in [1.165, 1.54) is 135 Å². The zero-order valence-corrected chi connectivity index (χ0v) is 34.4. The van der Waals surface area contributed by atoms with Gasteiger partial charge in [0.25, 0.3) is 0 Å². The summed E-state index contributed by atoms with van der Waals surface area (Å²) in [6.07, 6.45) is 36.2. The third-order valence-corrected chi connectivity index (χ3v) is 10.2. The molecule has 0 aromatic carbocycles. The van der Waals surface area contributed by atoms with Crippen molar-refractivity contribution in [2.24, 2.45) is 0 Å². The summed E-state index contributed by atoms with van der Waals surface area (Å²) in [5.74, 6) is 0.0315. The summed E-state index contributed by atoms with van der Waals surface area (Å²) in [6, 6.07) is 0. The molecule has 0 aliphatic heterocycles. The summed E-state index contributed by atoms with van der Waals surface area (Å²) in [6.45, 7) is 14.8. The molecule has 0 aliphatic rings. The zero-order valence-electron chi connectivity index (χ0n) is 34.4. The Hall–Kier alpha value is -1.30. The van der Waals surface area contributed by atoms with Gasteiger partial charge in [-0.2, -0.15) is 0 Å². The maximum absolute atomic E-state index is 12.7. The predicted molar refractivity (Wildman–Crippen MR) is 214 cm³/mol. The molecule has 0 aliphatic carbocycles. The first-order valence-electron chi connectivity index (χ1n) is 22.2. The van der Waals surface area contributed by atoms with E-state index in [4.69, 9.17) is 14.2 Å². The van der Waals surface area contributed by atoms with Gasteiger partial charge >= 0.3 is 12.1 Å². The van der Waals surface area contributed by atoms with E-state index in [2.05, 4.69) is 32.6 Å². The molecule has 0 saturated heterocycles. The second kappa shape index (κ2) is 38.9. The van der Waals surface area contributed by atoms with Crippen molar-refractivity contribution in [3.63, 3.8) is 0 Å². The third kappa shape index (κ3) is 35.1. The molecule has 0 spiro atoms. The molecule has 0 N–H and O–H groups in total. The van der Waals surface area contributed by atoms with Gasteiger partial charge in [0.05, 0.1) is 6.61 Å². The fourth-order valence-electron chi connectivity index (χ4n) is 6.79. The van der Waals surface area contributed by atoms with Gasteiger partial charge in [0, 0.05) is 6.42 Å². The van der Waals surface area contributed by atoms with Crippen LogP contribution in [-0.4, -0.2) is 55.5 Å². The highest BCUT2D eigenvalue weighted by molar-refractivity contribution is 5.69. The van der Waals surface area contributed by atoms with Gasteiger partial charge in [-0.05, 0) is 90.8 Å². The van der Waals surface area contributed by atoms with Crippen molar-refractivity contribution in [2.45, 2.75) is 246 Å². The fraction of sp³-hybridized carbons (Fsp3) is 0.955. The van der Waals surface area contributed by atoms with Crippen molar-refractivity contribution in [3.05, 3.63) is 0 Å². The number of rotatable bonds is 39. The highest BCUT2D eigenvalue weighted by Gasteiger charge is 2.14. The molecule has 1 atom stereocenters. The van der Waals surface area contributed by atoms with Crippen LogP contribution < -0.4 is 0 Å². The summed E-state index contributed by atoms with van der Waals surface area (Å²) >= 11 is 0. The molecule has 0 rings (SSSR count). The summed E-state index contributed by atoms with van der Waals surface area (Å²) < 4.78 is 16.7. The van der Waals surface area contributed by atoms with Crippen LogP contribution in [0.25, 0.3) is 0 Å². The molecular weight excluding hydrogens is 622 g/mol. The molecule has 6 nitrogen and oxygen atoms in total. The van der Waals surface area contributed by atoms with Gasteiger partial charge in [-0.25, -0.2) is 4.79 Å². The van der Waals surface area contributed by atoms with Crippen LogP contribution >= 0.6 is 0 Å².